The smallest absolute Gasteiger partial charge is 0.108 e. The van der Waals surface area contributed by atoms with Crippen molar-refractivity contribution in [1.29, 1.82) is 0 Å². The molecule has 0 aliphatic heterocycles. The molecule has 4 heteroatoms. The number of hydrogen-bond acceptors (Lipinski definition) is 2. The monoisotopic (exact) mass is 293 g/mol. The van der Waals surface area contributed by atoms with E-state index in [1.165, 1.54) is 5.56 Å². The van der Waals surface area contributed by atoms with Gasteiger partial charge in [-0.1, -0.05) is 35.0 Å². The number of imidazole rings is 1. The van der Waals surface area contributed by atoms with E-state index in [0.717, 1.165) is 16.7 Å². The van der Waals surface area contributed by atoms with Crippen LogP contribution < -0.4 is 5.73 Å². The number of aromatic nitrogens is 2. The number of nitrogens with zero attached hydrogens (tertiary/aromatic N) is 2. The van der Waals surface area contributed by atoms with Crippen LogP contribution in [0.25, 0.3) is 0 Å². The number of benzene rings is 1. The molecule has 2 N–H and O–H groups in total. The Morgan fingerprint density at radius 2 is 2.29 bits per heavy atom. The second-order valence-corrected chi connectivity index (χ2v) is 4.83. The molecule has 0 bridgehead atoms. The zero-order valence-corrected chi connectivity index (χ0v) is 11.4. The average molecular weight is 294 g/mol. The summed E-state index contributed by atoms with van der Waals surface area (Å²) in [7, 11) is 0. The average Bonchev–Trinajstić information content (AvgIpc) is 2.78. The number of aryl methyl sites for hydroxylation is 1. The van der Waals surface area contributed by atoms with Crippen molar-refractivity contribution in [2.75, 3.05) is 6.54 Å². The molecule has 2 aromatic rings. The van der Waals surface area contributed by atoms with Gasteiger partial charge in [0, 0.05) is 29.8 Å². The molecule has 17 heavy (non-hydrogen) atoms. The molecule has 0 saturated carbocycles. The number of halogens is 1. The fourth-order valence-electron chi connectivity index (χ4n) is 2.03. The van der Waals surface area contributed by atoms with Crippen LogP contribution >= 0.6 is 15.9 Å². The first-order chi connectivity index (χ1) is 8.26. The van der Waals surface area contributed by atoms with Gasteiger partial charge in [0.05, 0.1) is 6.04 Å². The Bertz CT molecular complexity index is 493. The topological polar surface area (TPSA) is 43.8 Å². The normalized spacial score (nSPS) is 12.6. The van der Waals surface area contributed by atoms with Crippen LogP contribution in [0.4, 0.5) is 0 Å². The lowest BCUT2D eigenvalue weighted by atomic mass is 10.1. The lowest BCUT2D eigenvalue weighted by Crippen LogP contribution is -2.21. The largest absolute Gasteiger partial charge is 0.328 e. The molecule has 0 radical (unpaired) electrons. The van der Waals surface area contributed by atoms with Gasteiger partial charge in [-0.05, 0) is 17.7 Å². The molecule has 1 heterocycles. The molecular formula is C13H16BrN3. The summed E-state index contributed by atoms with van der Waals surface area (Å²) in [5.74, 6) is 1.07. The Morgan fingerprint density at radius 1 is 1.47 bits per heavy atom. The van der Waals surface area contributed by atoms with Crippen LogP contribution in [-0.2, 0) is 6.42 Å². The first-order valence-corrected chi connectivity index (χ1v) is 6.52. The van der Waals surface area contributed by atoms with Gasteiger partial charge < -0.3 is 10.3 Å². The highest BCUT2D eigenvalue weighted by Crippen LogP contribution is 2.22. The predicted molar refractivity (Wildman–Crippen MR) is 72.9 cm³/mol. The first-order valence-electron chi connectivity index (χ1n) is 5.73. The first kappa shape index (κ1) is 12.3. The summed E-state index contributed by atoms with van der Waals surface area (Å²) in [6.07, 6.45) is 4.74. The third kappa shape index (κ3) is 2.58. The van der Waals surface area contributed by atoms with Gasteiger partial charge in [0.1, 0.15) is 5.82 Å². The fourth-order valence-corrected chi connectivity index (χ4v) is 2.44. The van der Waals surface area contributed by atoms with Gasteiger partial charge in [0.2, 0.25) is 0 Å². The highest BCUT2D eigenvalue weighted by Gasteiger charge is 2.14. The highest BCUT2D eigenvalue weighted by atomic mass is 79.9. The number of hydrogen-bond donors (Lipinski definition) is 1. The van der Waals surface area contributed by atoms with Gasteiger partial charge >= 0.3 is 0 Å². The molecule has 0 saturated heterocycles. The molecular weight excluding hydrogens is 278 g/mol. The summed E-state index contributed by atoms with van der Waals surface area (Å²) in [4.78, 5) is 4.35. The van der Waals surface area contributed by atoms with Crippen molar-refractivity contribution in [1.82, 2.24) is 9.55 Å². The fraction of sp³-hybridized carbons (Fsp3) is 0.308. The van der Waals surface area contributed by atoms with E-state index in [0.29, 0.717) is 6.54 Å². The van der Waals surface area contributed by atoms with Crippen LogP contribution in [0.5, 0.6) is 0 Å². The summed E-state index contributed by atoms with van der Waals surface area (Å²) >= 11 is 3.49. The summed E-state index contributed by atoms with van der Waals surface area (Å²) < 4.78 is 3.23. The van der Waals surface area contributed by atoms with Gasteiger partial charge in [-0.25, -0.2) is 4.98 Å². The molecule has 0 spiro atoms. The maximum Gasteiger partial charge on any atom is 0.108 e. The minimum absolute atomic E-state index is 0.157. The van der Waals surface area contributed by atoms with Crippen molar-refractivity contribution >= 4 is 15.9 Å². The molecule has 0 fully saturated rings. The second-order valence-electron chi connectivity index (χ2n) is 3.91. The molecule has 0 aliphatic carbocycles. The van der Waals surface area contributed by atoms with Crippen LogP contribution in [0.3, 0.4) is 0 Å². The maximum absolute atomic E-state index is 5.91. The van der Waals surface area contributed by atoms with Gasteiger partial charge in [0.25, 0.3) is 0 Å². The quantitative estimate of drug-likeness (QED) is 0.942. The lowest BCUT2D eigenvalue weighted by molar-refractivity contribution is 0.568. The van der Waals surface area contributed by atoms with Crippen molar-refractivity contribution in [3.05, 3.63) is 52.5 Å². The van der Waals surface area contributed by atoms with E-state index in [1.807, 2.05) is 24.5 Å². The van der Waals surface area contributed by atoms with Crippen molar-refractivity contribution in [3.63, 3.8) is 0 Å². The number of nitrogens with two attached hydrogens (primary N) is 1. The molecule has 1 aromatic carbocycles. The minimum Gasteiger partial charge on any atom is -0.328 e. The summed E-state index contributed by atoms with van der Waals surface area (Å²) in [5, 5.41) is 0. The van der Waals surface area contributed by atoms with Crippen LogP contribution in [0.15, 0.2) is 41.1 Å². The Balaban J connectivity index is 2.40. The zero-order chi connectivity index (χ0) is 12.3. The molecule has 90 valence electrons. The molecule has 0 amide bonds. The van der Waals surface area contributed by atoms with E-state index in [-0.39, 0.29) is 6.04 Å². The summed E-state index contributed by atoms with van der Waals surface area (Å²) in [6.45, 7) is 2.67. The summed E-state index contributed by atoms with van der Waals surface area (Å²) in [5.41, 5.74) is 7.11. The van der Waals surface area contributed by atoms with Crippen molar-refractivity contribution < 1.29 is 0 Å². The van der Waals surface area contributed by atoms with Crippen molar-refractivity contribution in [3.8, 4) is 0 Å². The molecule has 3 nitrogen and oxygen atoms in total. The van der Waals surface area contributed by atoms with E-state index in [9.17, 15) is 0 Å². The van der Waals surface area contributed by atoms with Gasteiger partial charge in [-0.3, -0.25) is 0 Å². The lowest BCUT2D eigenvalue weighted by Gasteiger charge is -2.19. The van der Waals surface area contributed by atoms with Crippen LogP contribution in [0.1, 0.15) is 24.4 Å². The molecule has 1 atom stereocenters. The van der Waals surface area contributed by atoms with E-state index in [1.54, 1.807) is 0 Å². The van der Waals surface area contributed by atoms with Crippen LogP contribution in [-0.4, -0.2) is 16.1 Å². The standard InChI is InChI=1S/C13H16BrN3/c1-2-13-16-6-7-17(13)12(9-15)10-4-3-5-11(14)8-10/h3-8,12H,2,9,15H2,1H3. The summed E-state index contributed by atoms with van der Waals surface area (Å²) in [6, 6.07) is 8.42. The third-order valence-electron chi connectivity index (χ3n) is 2.86. The maximum atomic E-state index is 5.91. The highest BCUT2D eigenvalue weighted by molar-refractivity contribution is 9.10. The molecule has 2 rings (SSSR count). The van der Waals surface area contributed by atoms with Crippen LogP contribution in [0.2, 0.25) is 0 Å². The van der Waals surface area contributed by atoms with E-state index >= 15 is 0 Å². The van der Waals surface area contributed by atoms with E-state index in [2.05, 4.69) is 44.5 Å². The van der Waals surface area contributed by atoms with Gasteiger partial charge in [-0.2, -0.15) is 0 Å². The van der Waals surface area contributed by atoms with Gasteiger partial charge in [-0.15, -0.1) is 0 Å². The minimum atomic E-state index is 0.157. The Hall–Kier alpha value is -1.13. The molecule has 1 unspecified atom stereocenters. The van der Waals surface area contributed by atoms with Crippen molar-refractivity contribution in [2.45, 2.75) is 19.4 Å². The Kier molecular flexibility index (Phi) is 3.97. The predicted octanol–water partition coefficient (Wildman–Crippen LogP) is 2.76. The van der Waals surface area contributed by atoms with E-state index in [4.69, 9.17) is 5.73 Å². The SMILES string of the molecule is CCc1nccn1C(CN)c1cccc(Br)c1. The molecule has 1 aromatic heterocycles. The van der Waals surface area contributed by atoms with Gasteiger partial charge in [0.15, 0.2) is 0 Å². The zero-order valence-electron chi connectivity index (χ0n) is 9.81. The van der Waals surface area contributed by atoms with Crippen molar-refractivity contribution in [2.24, 2.45) is 5.73 Å². The van der Waals surface area contributed by atoms with Crippen LogP contribution in [0, 0.1) is 0 Å². The molecule has 0 aliphatic rings. The Labute approximate surface area is 110 Å². The second kappa shape index (κ2) is 5.47. The third-order valence-corrected chi connectivity index (χ3v) is 3.35. The Morgan fingerprint density at radius 3 is 2.94 bits per heavy atom. The van der Waals surface area contributed by atoms with E-state index < -0.39 is 0 Å². The number of rotatable bonds is 4.